The molecule has 0 bridgehead atoms. The van der Waals surface area contributed by atoms with E-state index in [0.29, 0.717) is 43.1 Å². The van der Waals surface area contributed by atoms with Crippen LogP contribution >= 0.6 is 0 Å². The molecule has 1 fully saturated rings. The van der Waals surface area contributed by atoms with Crippen LogP contribution in [0.1, 0.15) is 34.5 Å². The normalized spacial score (nSPS) is 16.9. The van der Waals surface area contributed by atoms with Gasteiger partial charge in [0.05, 0.1) is 24.3 Å². The monoisotopic (exact) mass is 642 g/mol. The Balaban J connectivity index is 1.04. The van der Waals surface area contributed by atoms with Gasteiger partial charge in [-0.05, 0) is 68.2 Å². The number of hydrogen-bond donors (Lipinski definition) is 1. The van der Waals surface area contributed by atoms with Crippen LogP contribution in [0.3, 0.4) is 0 Å². The summed E-state index contributed by atoms with van der Waals surface area (Å²) < 4.78 is 45.3. The minimum absolute atomic E-state index is 0.00328. The number of nitrogens with zero attached hydrogens (tertiary/aromatic N) is 8. The summed E-state index contributed by atoms with van der Waals surface area (Å²) in [6, 6.07) is 11.2. The van der Waals surface area contributed by atoms with Crippen molar-refractivity contribution >= 4 is 5.91 Å². The second kappa shape index (κ2) is 12.4. The number of amides is 1. The van der Waals surface area contributed by atoms with Crippen LogP contribution < -0.4 is 0 Å². The number of carbonyl (C=O) groups excluding carboxylic acids is 1. The lowest BCUT2D eigenvalue weighted by molar-refractivity contribution is -0.0295. The molecule has 0 radical (unpaired) electrons. The first kappa shape index (κ1) is 30.8. The van der Waals surface area contributed by atoms with E-state index < -0.39 is 17.2 Å². The van der Waals surface area contributed by atoms with E-state index in [2.05, 4.69) is 25.1 Å². The van der Waals surface area contributed by atoms with Crippen molar-refractivity contribution in [2.24, 2.45) is 13.0 Å². The number of aliphatic hydroxyl groups is 1. The number of β-amino-alcohol motifs (C(OH)–C–C–N with tert-alkyl or cyclic N) is 1. The van der Waals surface area contributed by atoms with E-state index in [4.69, 9.17) is 0 Å². The number of benzene rings is 2. The van der Waals surface area contributed by atoms with Gasteiger partial charge in [0, 0.05) is 60.9 Å². The van der Waals surface area contributed by atoms with Gasteiger partial charge in [-0.3, -0.25) is 14.5 Å². The minimum Gasteiger partial charge on any atom is -0.382 e. The predicted molar refractivity (Wildman–Crippen MR) is 166 cm³/mol. The first-order chi connectivity index (χ1) is 22.7. The van der Waals surface area contributed by atoms with E-state index >= 15 is 0 Å². The Bertz CT molecular complexity index is 1910. The molecule has 13 heteroatoms. The predicted octanol–water partition coefficient (Wildman–Crippen LogP) is 4.41. The first-order valence-electron chi connectivity index (χ1n) is 15.5. The molecule has 1 N–H and O–H groups in total. The van der Waals surface area contributed by atoms with Crippen LogP contribution in [0.2, 0.25) is 0 Å². The maximum Gasteiger partial charge on any atom is 0.256 e. The standard InChI is InChI=1S/C34H33F3N8O2/c1-42-16-27(32(41-42)23-2-4-24(35)5-3-23)26-8-11-39-30-17-44(33(46)31(26)30)15-22-9-12-43(13-10-22)18-34(47,19-45-21-38-20-40-45)28-7-6-25(36)14-29(28)37/h2-8,11,14,16,20-22,47H,9-10,12-13,15,17-19H2,1H3. The summed E-state index contributed by atoms with van der Waals surface area (Å²) in [7, 11) is 1.81. The number of aryl methyl sites for hydroxylation is 1. The second-order valence-corrected chi connectivity index (χ2v) is 12.4. The quantitative estimate of drug-likeness (QED) is 0.254. The Morgan fingerprint density at radius 2 is 1.74 bits per heavy atom. The Hall–Kier alpha value is -4.88. The molecule has 1 unspecified atom stereocenters. The van der Waals surface area contributed by atoms with Crippen LogP contribution in [0.25, 0.3) is 22.4 Å². The van der Waals surface area contributed by atoms with Crippen LogP contribution in [0, 0.1) is 23.4 Å². The van der Waals surface area contributed by atoms with Gasteiger partial charge in [-0.25, -0.2) is 22.8 Å². The van der Waals surface area contributed by atoms with Gasteiger partial charge in [0.15, 0.2) is 0 Å². The van der Waals surface area contributed by atoms with Crippen molar-refractivity contribution in [2.45, 2.75) is 31.5 Å². The van der Waals surface area contributed by atoms with E-state index in [1.165, 1.54) is 35.5 Å². The largest absolute Gasteiger partial charge is 0.382 e. The number of aromatic nitrogens is 6. The highest BCUT2D eigenvalue weighted by molar-refractivity contribution is 6.05. The Morgan fingerprint density at radius 1 is 0.979 bits per heavy atom. The average Bonchev–Trinajstić information content (AvgIpc) is 3.78. The van der Waals surface area contributed by atoms with Crippen LogP contribution in [0.5, 0.6) is 0 Å². The number of piperidine rings is 1. The fourth-order valence-electron chi connectivity index (χ4n) is 6.83. The molecule has 5 aromatic rings. The van der Waals surface area contributed by atoms with Crippen LogP contribution in [0.4, 0.5) is 13.2 Å². The molecule has 10 nitrogen and oxygen atoms in total. The van der Waals surface area contributed by atoms with Crippen LogP contribution in [-0.2, 0) is 25.7 Å². The van der Waals surface area contributed by atoms with Gasteiger partial charge >= 0.3 is 0 Å². The van der Waals surface area contributed by atoms with Gasteiger partial charge in [-0.2, -0.15) is 10.2 Å². The SMILES string of the molecule is Cn1cc(-c2ccnc3c2C(=O)N(CC2CCN(CC(O)(Cn4cncn4)c4ccc(F)cc4F)CC2)C3)c(-c2ccc(F)cc2)n1. The third kappa shape index (κ3) is 6.15. The molecule has 1 saturated heterocycles. The first-order valence-corrected chi connectivity index (χ1v) is 15.5. The van der Waals surface area contributed by atoms with E-state index in [-0.39, 0.29) is 36.3 Å². The lowest BCUT2D eigenvalue weighted by Gasteiger charge is -2.39. The van der Waals surface area contributed by atoms with Crippen molar-refractivity contribution in [2.75, 3.05) is 26.2 Å². The van der Waals surface area contributed by atoms with Crippen molar-refractivity contribution in [3.8, 4) is 22.4 Å². The molecule has 0 saturated carbocycles. The number of likely N-dealkylation sites (tertiary alicyclic amines) is 1. The third-order valence-corrected chi connectivity index (χ3v) is 9.10. The number of halogens is 3. The van der Waals surface area contributed by atoms with Gasteiger partial charge in [0.1, 0.15) is 41.4 Å². The van der Waals surface area contributed by atoms with E-state index in [0.717, 1.165) is 41.7 Å². The summed E-state index contributed by atoms with van der Waals surface area (Å²) in [6.45, 7) is 2.27. The zero-order valence-corrected chi connectivity index (χ0v) is 25.7. The topological polar surface area (TPSA) is 105 Å². The molecule has 2 aliphatic heterocycles. The second-order valence-electron chi connectivity index (χ2n) is 12.4. The van der Waals surface area contributed by atoms with Crippen molar-refractivity contribution in [1.29, 1.82) is 0 Å². The Morgan fingerprint density at radius 3 is 2.47 bits per heavy atom. The molecule has 3 aromatic heterocycles. The zero-order valence-electron chi connectivity index (χ0n) is 25.7. The minimum atomic E-state index is -1.67. The molecule has 0 aliphatic carbocycles. The van der Waals surface area contributed by atoms with Gasteiger partial charge < -0.3 is 14.9 Å². The van der Waals surface area contributed by atoms with Crippen LogP contribution in [0.15, 0.2) is 73.6 Å². The Labute approximate surface area is 269 Å². The van der Waals surface area contributed by atoms with Gasteiger partial charge in [-0.1, -0.05) is 6.07 Å². The summed E-state index contributed by atoms with van der Waals surface area (Å²) in [5.74, 6) is -1.75. The molecule has 2 aliphatic rings. The molecular weight excluding hydrogens is 609 g/mol. The molecule has 2 aromatic carbocycles. The summed E-state index contributed by atoms with van der Waals surface area (Å²) in [5, 5.41) is 20.5. The van der Waals surface area contributed by atoms with Gasteiger partial charge in [0.2, 0.25) is 0 Å². The number of carbonyl (C=O) groups is 1. The van der Waals surface area contributed by atoms with Crippen molar-refractivity contribution < 1.29 is 23.1 Å². The highest BCUT2D eigenvalue weighted by atomic mass is 19.1. The Kier molecular flexibility index (Phi) is 8.10. The highest BCUT2D eigenvalue weighted by Crippen LogP contribution is 2.38. The van der Waals surface area contributed by atoms with Gasteiger partial charge in [-0.15, -0.1) is 0 Å². The zero-order chi connectivity index (χ0) is 32.7. The molecule has 1 amide bonds. The molecule has 1 atom stereocenters. The lowest BCUT2D eigenvalue weighted by Crippen LogP contribution is -2.48. The summed E-state index contributed by atoms with van der Waals surface area (Å²) >= 11 is 0. The van der Waals surface area contributed by atoms with Gasteiger partial charge in [0.25, 0.3) is 5.91 Å². The molecular formula is C34H33F3N8O2. The molecule has 242 valence electrons. The third-order valence-electron chi connectivity index (χ3n) is 9.10. The summed E-state index contributed by atoms with van der Waals surface area (Å²) in [5.41, 5.74) is 2.50. The summed E-state index contributed by atoms with van der Waals surface area (Å²) in [6.07, 6.45) is 7.88. The van der Waals surface area contributed by atoms with Crippen LogP contribution in [-0.4, -0.2) is 76.5 Å². The lowest BCUT2D eigenvalue weighted by atomic mass is 9.90. The van der Waals surface area contributed by atoms with E-state index in [1.807, 2.05) is 24.2 Å². The van der Waals surface area contributed by atoms with Crippen molar-refractivity contribution in [3.63, 3.8) is 0 Å². The van der Waals surface area contributed by atoms with E-state index in [9.17, 15) is 23.1 Å². The molecule has 5 heterocycles. The highest BCUT2D eigenvalue weighted by Gasteiger charge is 2.38. The number of fused-ring (bicyclic) bond motifs is 1. The number of hydrogen-bond acceptors (Lipinski definition) is 7. The van der Waals surface area contributed by atoms with Crippen molar-refractivity contribution in [3.05, 3.63) is 108 Å². The fraction of sp³-hybridized carbons (Fsp3) is 0.324. The summed E-state index contributed by atoms with van der Waals surface area (Å²) in [4.78, 5) is 26.2. The fourth-order valence-corrected chi connectivity index (χ4v) is 6.83. The average molecular weight is 643 g/mol. The molecule has 0 spiro atoms. The maximum absolute atomic E-state index is 14.9. The maximum atomic E-state index is 14.9. The number of pyridine rings is 1. The number of rotatable bonds is 9. The van der Waals surface area contributed by atoms with Crippen molar-refractivity contribution in [1.82, 2.24) is 39.3 Å². The van der Waals surface area contributed by atoms with E-state index in [1.54, 1.807) is 23.0 Å². The smallest absolute Gasteiger partial charge is 0.256 e. The molecule has 47 heavy (non-hydrogen) atoms. The molecule has 7 rings (SSSR count).